The quantitative estimate of drug-likeness (QED) is 0.763. The molecule has 2 heterocycles. The molecule has 1 aliphatic rings. The molecular weight excluding hydrogens is 380 g/mol. The minimum absolute atomic E-state index is 0.0132. The number of pyridine rings is 1. The summed E-state index contributed by atoms with van der Waals surface area (Å²) in [4.78, 5) is 31.6. The molecule has 30 heavy (non-hydrogen) atoms. The van der Waals surface area contributed by atoms with Crippen LogP contribution in [0.3, 0.4) is 0 Å². The first kappa shape index (κ1) is 21.8. The number of hydrogen-bond acceptors (Lipinski definition) is 5. The van der Waals surface area contributed by atoms with Gasteiger partial charge in [-0.1, -0.05) is 44.2 Å². The van der Waals surface area contributed by atoms with Crippen LogP contribution in [0, 0.1) is 5.92 Å². The van der Waals surface area contributed by atoms with E-state index in [-0.39, 0.29) is 23.8 Å². The van der Waals surface area contributed by atoms with Crippen molar-refractivity contribution < 1.29 is 14.3 Å². The summed E-state index contributed by atoms with van der Waals surface area (Å²) in [5.74, 6) is 0.305. The second-order valence-electron chi connectivity index (χ2n) is 7.90. The highest BCUT2D eigenvalue weighted by Gasteiger charge is 2.36. The summed E-state index contributed by atoms with van der Waals surface area (Å²) >= 11 is 0. The van der Waals surface area contributed by atoms with Gasteiger partial charge >= 0.3 is 0 Å². The van der Waals surface area contributed by atoms with Gasteiger partial charge in [0.15, 0.2) is 0 Å². The van der Waals surface area contributed by atoms with Gasteiger partial charge in [-0.15, -0.1) is 0 Å². The van der Waals surface area contributed by atoms with E-state index in [4.69, 9.17) is 4.74 Å². The van der Waals surface area contributed by atoms with Gasteiger partial charge in [0.05, 0.1) is 12.8 Å². The van der Waals surface area contributed by atoms with E-state index < -0.39 is 6.04 Å². The molecule has 2 unspecified atom stereocenters. The van der Waals surface area contributed by atoms with Gasteiger partial charge in [-0.3, -0.25) is 9.59 Å². The van der Waals surface area contributed by atoms with Gasteiger partial charge in [-0.05, 0) is 18.6 Å². The Bertz CT molecular complexity index is 882. The predicted octanol–water partition coefficient (Wildman–Crippen LogP) is 2.22. The Kier molecular flexibility index (Phi) is 7.05. The largest absolute Gasteiger partial charge is 0.481 e. The van der Waals surface area contributed by atoms with E-state index in [1.807, 2.05) is 63.2 Å². The minimum atomic E-state index is -0.496. The normalized spacial score (nSPS) is 18.9. The standard InChI is InChI=1S/C23H30N4O3/c1-15(2)23(29)27-16(3)12-24-14-20(27)22(28)25-13-17-8-10-18(11-9-17)19-6-5-7-21(26-19)30-4/h5-11,15-16,20,24H,12-14H2,1-4H3,(H,25,28). The molecule has 2 N–H and O–H groups in total. The zero-order chi connectivity index (χ0) is 21.7. The lowest BCUT2D eigenvalue weighted by molar-refractivity contribution is -0.146. The summed E-state index contributed by atoms with van der Waals surface area (Å²) in [6, 6.07) is 13.0. The Morgan fingerprint density at radius 1 is 1.20 bits per heavy atom. The van der Waals surface area contributed by atoms with Crippen LogP contribution in [0.25, 0.3) is 11.3 Å². The van der Waals surface area contributed by atoms with Crippen LogP contribution in [0.2, 0.25) is 0 Å². The summed E-state index contributed by atoms with van der Waals surface area (Å²) in [6.07, 6.45) is 0. The second-order valence-corrected chi connectivity index (χ2v) is 7.90. The van der Waals surface area contributed by atoms with Gasteiger partial charge in [0.25, 0.3) is 0 Å². The summed E-state index contributed by atoms with van der Waals surface area (Å²) < 4.78 is 5.18. The van der Waals surface area contributed by atoms with Gasteiger partial charge in [0.1, 0.15) is 6.04 Å². The number of aromatic nitrogens is 1. The topological polar surface area (TPSA) is 83.6 Å². The summed E-state index contributed by atoms with van der Waals surface area (Å²) in [7, 11) is 1.59. The van der Waals surface area contributed by atoms with Crippen LogP contribution in [0.4, 0.5) is 0 Å². The first-order valence-electron chi connectivity index (χ1n) is 10.3. The number of nitrogens with one attached hydrogen (secondary N) is 2. The summed E-state index contributed by atoms with van der Waals surface area (Å²) in [5.41, 5.74) is 2.78. The van der Waals surface area contributed by atoms with Crippen LogP contribution >= 0.6 is 0 Å². The zero-order valence-electron chi connectivity index (χ0n) is 18.0. The molecule has 1 saturated heterocycles. The Morgan fingerprint density at radius 3 is 2.60 bits per heavy atom. The van der Waals surface area contributed by atoms with E-state index in [9.17, 15) is 9.59 Å². The van der Waals surface area contributed by atoms with Crippen molar-refractivity contribution in [3.8, 4) is 17.1 Å². The molecular formula is C23H30N4O3. The van der Waals surface area contributed by atoms with Crippen molar-refractivity contribution in [2.45, 2.75) is 39.4 Å². The van der Waals surface area contributed by atoms with Crippen molar-refractivity contribution in [3.05, 3.63) is 48.0 Å². The third kappa shape index (κ3) is 4.97. The van der Waals surface area contributed by atoms with E-state index in [1.165, 1.54) is 0 Å². The second kappa shape index (κ2) is 9.71. The average Bonchev–Trinajstić information content (AvgIpc) is 2.77. The van der Waals surface area contributed by atoms with Crippen LogP contribution in [0.15, 0.2) is 42.5 Å². The molecule has 1 aromatic carbocycles. The number of benzene rings is 1. The molecule has 0 saturated carbocycles. The smallest absolute Gasteiger partial charge is 0.244 e. The molecule has 0 spiro atoms. The van der Waals surface area contributed by atoms with E-state index in [0.717, 1.165) is 16.8 Å². The van der Waals surface area contributed by atoms with Crippen molar-refractivity contribution in [2.75, 3.05) is 20.2 Å². The van der Waals surface area contributed by atoms with Gasteiger partial charge in [0.2, 0.25) is 17.7 Å². The van der Waals surface area contributed by atoms with Gasteiger partial charge in [-0.2, -0.15) is 0 Å². The Hall–Kier alpha value is -2.93. The van der Waals surface area contributed by atoms with Crippen molar-refractivity contribution >= 4 is 11.8 Å². The fraction of sp³-hybridized carbons (Fsp3) is 0.435. The molecule has 0 bridgehead atoms. The lowest BCUT2D eigenvalue weighted by atomic mass is 10.0. The highest BCUT2D eigenvalue weighted by molar-refractivity contribution is 5.89. The number of rotatable bonds is 6. The monoisotopic (exact) mass is 410 g/mol. The lowest BCUT2D eigenvalue weighted by Gasteiger charge is -2.41. The molecule has 1 aliphatic heterocycles. The van der Waals surface area contributed by atoms with Crippen LogP contribution in [-0.2, 0) is 16.1 Å². The van der Waals surface area contributed by atoms with Gasteiger partial charge in [-0.25, -0.2) is 4.98 Å². The fourth-order valence-electron chi connectivity index (χ4n) is 3.61. The number of methoxy groups -OCH3 is 1. The Labute approximate surface area is 177 Å². The van der Waals surface area contributed by atoms with Crippen LogP contribution in [0.5, 0.6) is 5.88 Å². The van der Waals surface area contributed by atoms with Crippen molar-refractivity contribution in [2.24, 2.45) is 5.92 Å². The number of nitrogens with zero attached hydrogens (tertiary/aromatic N) is 2. The van der Waals surface area contributed by atoms with Crippen LogP contribution in [-0.4, -0.2) is 54.0 Å². The molecule has 2 atom stereocenters. The molecule has 2 aromatic rings. The summed E-state index contributed by atoms with van der Waals surface area (Å²) in [5, 5.41) is 6.23. The molecule has 7 nitrogen and oxygen atoms in total. The lowest BCUT2D eigenvalue weighted by Crippen LogP contribution is -2.63. The molecule has 0 radical (unpaired) electrons. The molecule has 1 aromatic heterocycles. The fourth-order valence-corrected chi connectivity index (χ4v) is 3.61. The third-order valence-electron chi connectivity index (χ3n) is 5.29. The molecule has 1 fully saturated rings. The summed E-state index contributed by atoms with van der Waals surface area (Å²) in [6.45, 7) is 7.27. The first-order valence-corrected chi connectivity index (χ1v) is 10.3. The average molecular weight is 411 g/mol. The van der Waals surface area contributed by atoms with Gasteiger partial charge < -0.3 is 20.3 Å². The van der Waals surface area contributed by atoms with Crippen molar-refractivity contribution in [1.82, 2.24) is 20.5 Å². The number of carbonyl (C=O) groups excluding carboxylic acids is 2. The zero-order valence-corrected chi connectivity index (χ0v) is 18.0. The van der Waals surface area contributed by atoms with Crippen molar-refractivity contribution in [1.29, 1.82) is 0 Å². The van der Waals surface area contributed by atoms with Gasteiger partial charge in [0, 0.05) is 43.2 Å². The predicted molar refractivity (Wildman–Crippen MR) is 116 cm³/mol. The highest BCUT2D eigenvalue weighted by Crippen LogP contribution is 2.20. The molecule has 0 aliphatic carbocycles. The van der Waals surface area contributed by atoms with E-state index >= 15 is 0 Å². The molecule has 2 amide bonds. The number of ether oxygens (including phenoxy) is 1. The van der Waals surface area contributed by atoms with Crippen molar-refractivity contribution in [3.63, 3.8) is 0 Å². The minimum Gasteiger partial charge on any atom is -0.481 e. The highest BCUT2D eigenvalue weighted by atomic mass is 16.5. The number of hydrogen-bond donors (Lipinski definition) is 2. The number of piperazine rings is 1. The Morgan fingerprint density at radius 2 is 1.93 bits per heavy atom. The maximum absolute atomic E-state index is 12.8. The van der Waals surface area contributed by atoms with E-state index in [2.05, 4.69) is 15.6 Å². The third-order valence-corrected chi connectivity index (χ3v) is 5.29. The number of carbonyl (C=O) groups is 2. The maximum atomic E-state index is 12.8. The maximum Gasteiger partial charge on any atom is 0.244 e. The van der Waals surface area contributed by atoms with Crippen LogP contribution < -0.4 is 15.4 Å². The number of amides is 2. The first-order chi connectivity index (χ1) is 14.4. The Balaban J connectivity index is 1.64. The SMILES string of the molecule is COc1cccc(-c2ccc(CNC(=O)C3CNCC(C)N3C(=O)C(C)C)cc2)n1. The molecule has 160 valence electrons. The molecule has 7 heteroatoms. The van der Waals surface area contributed by atoms with E-state index in [0.29, 0.717) is 25.5 Å². The molecule has 3 rings (SSSR count). The van der Waals surface area contributed by atoms with E-state index in [1.54, 1.807) is 12.0 Å². The van der Waals surface area contributed by atoms with Crippen LogP contribution in [0.1, 0.15) is 26.3 Å².